The molecule has 0 aliphatic heterocycles. The van der Waals surface area contributed by atoms with Crippen LogP contribution in [-0.4, -0.2) is 28.4 Å². The van der Waals surface area contributed by atoms with Crippen molar-refractivity contribution in [3.8, 4) is 0 Å². The maximum atomic E-state index is 14.2. The van der Waals surface area contributed by atoms with Gasteiger partial charge in [-0.2, -0.15) is 43.9 Å². The second kappa shape index (κ2) is 8.20. The van der Waals surface area contributed by atoms with E-state index in [1.54, 1.807) is 0 Å². The van der Waals surface area contributed by atoms with Crippen molar-refractivity contribution < 1.29 is 48.1 Å². The first-order valence-corrected chi connectivity index (χ1v) is 9.28. The Morgan fingerprint density at radius 1 is 0.533 bits per heavy atom. The zero-order chi connectivity index (χ0) is 23.0. The van der Waals surface area contributed by atoms with Crippen molar-refractivity contribution in [2.45, 2.75) is 34.7 Å². The average Bonchev–Trinajstić information content (AvgIpc) is 2.61. The van der Waals surface area contributed by atoms with E-state index in [0.29, 0.717) is 24.3 Å². The van der Waals surface area contributed by atoms with Gasteiger partial charge < -0.3 is 0 Å². The third-order valence-electron chi connectivity index (χ3n) is 4.08. The summed E-state index contributed by atoms with van der Waals surface area (Å²) in [6.07, 6.45) is -12.7. The molecule has 0 amide bonds. The van der Waals surface area contributed by atoms with Gasteiger partial charge in [-0.05, 0) is 11.1 Å². The van der Waals surface area contributed by atoms with Crippen LogP contribution in [0.4, 0.5) is 43.9 Å². The monoisotopic (exact) mass is 466 g/mol. The Kier molecular flexibility index (Phi) is 6.60. The lowest BCUT2D eigenvalue weighted by Gasteiger charge is -2.34. The minimum absolute atomic E-state index is 0.649. The Morgan fingerprint density at radius 2 is 0.800 bits per heavy atom. The highest BCUT2D eigenvalue weighted by molar-refractivity contribution is 7.85. The minimum atomic E-state index is -6.36. The molecule has 30 heavy (non-hydrogen) atoms. The maximum absolute atomic E-state index is 14.2. The van der Waals surface area contributed by atoms with Crippen LogP contribution in [-0.2, 0) is 10.8 Å². The minimum Gasteiger partial charge on any atom is -0.258 e. The fourth-order valence-electron chi connectivity index (χ4n) is 2.67. The molecule has 2 rings (SSSR count). The van der Waals surface area contributed by atoms with Gasteiger partial charge >= 0.3 is 24.2 Å². The van der Waals surface area contributed by atoms with Crippen molar-refractivity contribution in [3.05, 3.63) is 71.8 Å². The highest BCUT2D eigenvalue weighted by atomic mass is 32.2. The molecule has 2 aromatic carbocycles. The van der Waals surface area contributed by atoms with E-state index in [0.717, 1.165) is 24.3 Å². The molecule has 2 aromatic rings. The van der Waals surface area contributed by atoms with Gasteiger partial charge in [0.1, 0.15) is 10.5 Å². The molecule has 0 saturated heterocycles. The van der Waals surface area contributed by atoms with Crippen LogP contribution in [0, 0.1) is 0 Å². The van der Waals surface area contributed by atoms with Gasteiger partial charge in [0.15, 0.2) is 0 Å². The van der Waals surface area contributed by atoms with Gasteiger partial charge in [0, 0.05) is 10.8 Å². The number of halogens is 10. The van der Waals surface area contributed by atoms with Crippen LogP contribution >= 0.6 is 0 Å². The lowest BCUT2D eigenvalue weighted by molar-refractivity contribution is -0.286. The standard InChI is InChI=1S/C18H12F10OS/c19-15(20,17(23,24)25)13(11-7-3-1-4-8-11)30(29)14(12-9-5-2-6-10-12)16(21,22)18(26,27)28/h1-10,13-14H. The van der Waals surface area contributed by atoms with Gasteiger partial charge in [0.05, 0.1) is 0 Å². The topological polar surface area (TPSA) is 17.1 Å². The number of hydrogen-bond donors (Lipinski definition) is 0. The first kappa shape index (κ1) is 24.2. The first-order chi connectivity index (χ1) is 13.6. The molecular weight excluding hydrogens is 454 g/mol. The number of hydrogen-bond acceptors (Lipinski definition) is 1. The Hall–Kier alpha value is -2.11. The smallest absolute Gasteiger partial charge is 0.258 e. The summed E-state index contributed by atoms with van der Waals surface area (Å²) in [4.78, 5) is 0. The van der Waals surface area contributed by atoms with E-state index < -0.39 is 56.6 Å². The van der Waals surface area contributed by atoms with E-state index >= 15 is 0 Å². The zero-order valence-electron chi connectivity index (χ0n) is 14.5. The summed E-state index contributed by atoms with van der Waals surface area (Å²) < 4.78 is 148. The van der Waals surface area contributed by atoms with Crippen LogP contribution in [0.25, 0.3) is 0 Å². The number of alkyl halides is 10. The number of rotatable bonds is 6. The predicted octanol–water partition coefficient (Wildman–Crippen LogP) is 6.61. The van der Waals surface area contributed by atoms with Crippen LogP contribution in [0.2, 0.25) is 0 Å². The van der Waals surface area contributed by atoms with Crippen molar-refractivity contribution in [3.63, 3.8) is 0 Å². The summed E-state index contributed by atoms with van der Waals surface area (Å²) in [6.45, 7) is 0. The molecule has 2 atom stereocenters. The van der Waals surface area contributed by atoms with E-state index in [4.69, 9.17) is 0 Å². The van der Waals surface area contributed by atoms with Crippen LogP contribution in [0.3, 0.4) is 0 Å². The van der Waals surface area contributed by atoms with Crippen molar-refractivity contribution in [1.82, 2.24) is 0 Å². The van der Waals surface area contributed by atoms with E-state index in [-0.39, 0.29) is 0 Å². The molecule has 0 bridgehead atoms. The Morgan fingerprint density at radius 3 is 1.03 bits per heavy atom. The maximum Gasteiger partial charge on any atom is 0.454 e. The van der Waals surface area contributed by atoms with Gasteiger partial charge in [-0.1, -0.05) is 60.7 Å². The van der Waals surface area contributed by atoms with Gasteiger partial charge in [-0.3, -0.25) is 4.21 Å². The lowest BCUT2D eigenvalue weighted by atomic mass is 10.1. The summed E-state index contributed by atoms with van der Waals surface area (Å²) in [5, 5.41) is -7.03. The van der Waals surface area contributed by atoms with E-state index in [1.165, 1.54) is 12.1 Å². The predicted molar refractivity (Wildman–Crippen MR) is 88.5 cm³/mol. The summed E-state index contributed by atoms with van der Waals surface area (Å²) in [5.74, 6) is -11.7. The van der Waals surface area contributed by atoms with Gasteiger partial charge in [-0.15, -0.1) is 0 Å². The molecule has 166 valence electrons. The fraction of sp³-hybridized carbons (Fsp3) is 0.333. The van der Waals surface area contributed by atoms with E-state index in [2.05, 4.69) is 0 Å². The summed E-state index contributed by atoms with van der Waals surface area (Å²) in [6, 6.07) is 8.83. The van der Waals surface area contributed by atoms with E-state index in [1.807, 2.05) is 0 Å². The van der Waals surface area contributed by atoms with Gasteiger partial charge in [0.25, 0.3) is 0 Å². The fourth-order valence-corrected chi connectivity index (χ4v) is 4.64. The van der Waals surface area contributed by atoms with Crippen LogP contribution in [0.1, 0.15) is 21.6 Å². The molecule has 0 radical (unpaired) electrons. The summed E-state index contributed by atoms with van der Waals surface area (Å²) in [5.41, 5.74) is -2.01. The molecule has 0 spiro atoms. The molecular formula is C18H12F10OS. The van der Waals surface area contributed by atoms with E-state index in [9.17, 15) is 48.1 Å². The number of benzene rings is 2. The SMILES string of the molecule is O=S(C(c1ccccc1)C(F)(F)C(F)(F)F)C(c1ccccc1)C(F)(F)C(F)(F)F. The van der Waals surface area contributed by atoms with Gasteiger partial charge in [-0.25, -0.2) is 0 Å². The highest BCUT2D eigenvalue weighted by Gasteiger charge is 2.70. The average molecular weight is 466 g/mol. The molecule has 0 aliphatic carbocycles. The molecule has 0 aliphatic rings. The molecule has 0 fully saturated rings. The molecule has 12 heteroatoms. The normalized spacial score (nSPS) is 16.7. The van der Waals surface area contributed by atoms with Crippen LogP contribution in [0.5, 0.6) is 0 Å². The van der Waals surface area contributed by atoms with Gasteiger partial charge in [0.2, 0.25) is 0 Å². The molecule has 0 heterocycles. The third kappa shape index (κ3) is 4.47. The Labute approximate surface area is 166 Å². The van der Waals surface area contributed by atoms with Crippen molar-refractivity contribution in [1.29, 1.82) is 0 Å². The van der Waals surface area contributed by atoms with Crippen molar-refractivity contribution in [2.75, 3.05) is 0 Å². The summed E-state index contributed by atoms with van der Waals surface area (Å²) in [7, 11) is -4.07. The molecule has 2 unspecified atom stereocenters. The summed E-state index contributed by atoms with van der Waals surface area (Å²) >= 11 is 0. The Balaban J connectivity index is 2.76. The largest absolute Gasteiger partial charge is 0.454 e. The molecule has 0 N–H and O–H groups in total. The second-order valence-corrected chi connectivity index (χ2v) is 7.75. The Bertz CT molecular complexity index is 791. The van der Waals surface area contributed by atoms with Crippen LogP contribution in [0.15, 0.2) is 60.7 Å². The molecule has 1 nitrogen and oxygen atoms in total. The molecule has 0 saturated carbocycles. The van der Waals surface area contributed by atoms with Crippen molar-refractivity contribution >= 4 is 10.8 Å². The first-order valence-electron chi connectivity index (χ1n) is 8.00. The lowest BCUT2D eigenvalue weighted by Crippen LogP contribution is -2.49. The van der Waals surface area contributed by atoms with Crippen molar-refractivity contribution in [2.24, 2.45) is 0 Å². The quantitative estimate of drug-likeness (QED) is 0.438. The highest BCUT2D eigenvalue weighted by Crippen LogP contribution is 2.55. The van der Waals surface area contributed by atoms with Crippen LogP contribution < -0.4 is 0 Å². The second-order valence-electron chi connectivity index (χ2n) is 6.15. The molecule has 0 aromatic heterocycles. The third-order valence-corrected chi connectivity index (χ3v) is 6.15. The zero-order valence-corrected chi connectivity index (χ0v) is 15.3.